The molecule has 1 aliphatic heterocycles. The van der Waals surface area contributed by atoms with Crippen LogP contribution in [0.4, 0.5) is 0 Å². The topological polar surface area (TPSA) is 20.3 Å². The van der Waals surface area contributed by atoms with Gasteiger partial charge < -0.3 is 4.90 Å². The average Bonchev–Trinajstić information content (AvgIpc) is 2.67. The molecular formula is C14H14INO. The van der Waals surface area contributed by atoms with Crippen LogP contribution >= 0.6 is 22.6 Å². The van der Waals surface area contributed by atoms with Gasteiger partial charge in [-0.1, -0.05) is 24.1 Å². The summed E-state index contributed by atoms with van der Waals surface area (Å²) in [6.07, 6.45) is 3.03. The number of benzene rings is 1. The molecule has 0 fully saturated rings. The quantitative estimate of drug-likeness (QED) is 0.469. The van der Waals surface area contributed by atoms with E-state index in [1.807, 2.05) is 29.2 Å². The van der Waals surface area contributed by atoms with Crippen molar-refractivity contribution in [3.8, 4) is 9.85 Å². The highest BCUT2D eigenvalue weighted by Crippen LogP contribution is 2.22. The molecule has 2 nitrogen and oxygen atoms in total. The maximum Gasteiger partial charge on any atom is 0.254 e. The summed E-state index contributed by atoms with van der Waals surface area (Å²) in [7, 11) is 0. The van der Waals surface area contributed by atoms with Gasteiger partial charge in [0.05, 0.1) is 0 Å². The minimum atomic E-state index is 0.181. The van der Waals surface area contributed by atoms with Crippen LogP contribution < -0.4 is 0 Å². The highest BCUT2D eigenvalue weighted by Gasteiger charge is 2.25. The van der Waals surface area contributed by atoms with E-state index < -0.39 is 0 Å². The molecule has 3 heteroatoms. The first-order chi connectivity index (χ1) is 8.33. The Bertz CT molecular complexity index is 473. The Kier molecular flexibility index (Phi) is 4.43. The van der Waals surface area contributed by atoms with Crippen LogP contribution in [0.2, 0.25) is 0 Å². The zero-order valence-corrected chi connectivity index (χ0v) is 11.7. The Labute approximate surface area is 116 Å². The summed E-state index contributed by atoms with van der Waals surface area (Å²) >= 11 is 2.06. The molecule has 0 spiro atoms. The molecule has 0 saturated carbocycles. The van der Waals surface area contributed by atoms with Crippen molar-refractivity contribution in [2.45, 2.75) is 25.8 Å². The first kappa shape index (κ1) is 12.4. The lowest BCUT2D eigenvalue weighted by Gasteiger charge is -2.14. The first-order valence-corrected chi connectivity index (χ1v) is 6.86. The van der Waals surface area contributed by atoms with Crippen LogP contribution in [-0.4, -0.2) is 17.4 Å². The third kappa shape index (κ3) is 3.01. The number of nitrogens with zero attached hydrogens (tertiary/aromatic N) is 1. The molecule has 0 aliphatic carbocycles. The van der Waals surface area contributed by atoms with Crippen LogP contribution in [0.25, 0.3) is 0 Å². The van der Waals surface area contributed by atoms with Gasteiger partial charge in [-0.3, -0.25) is 4.79 Å². The van der Waals surface area contributed by atoms with E-state index in [9.17, 15) is 4.79 Å². The first-order valence-electron chi connectivity index (χ1n) is 5.78. The number of fused-ring (bicyclic) bond motifs is 1. The molecular weight excluding hydrogens is 325 g/mol. The minimum Gasteiger partial charge on any atom is -0.334 e. The average molecular weight is 339 g/mol. The third-order valence-electron chi connectivity index (χ3n) is 2.94. The van der Waals surface area contributed by atoms with Crippen molar-refractivity contribution in [1.82, 2.24) is 4.90 Å². The molecule has 1 aliphatic rings. The molecule has 1 aromatic rings. The van der Waals surface area contributed by atoms with Crippen LogP contribution in [0.3, 0.4) is 0 Å². The minimum absolute atomic E-state index is 0.181. The Balaban J connectivity index is 1.85. The summed E-state index contributed by atoms with van der Waals surface area (Å²) in [6.45, 7) is 1.61. The number of carbonyl (C=O) groups excluding carboxylic acids is 1. The van der Waals surface area contributed by atoms with E-state index in [0.717, 1.165) is 43.5 Å². The Morgan fingerprint density at radius 2 is 2.12 bits per heavy atom. The van der Waals surface area contributed by atoms with Gasteiger partial charge in [0.2, 0.25) is 0 Å². The van der Waals surface area contributed by atoms with E-state index in [1.54, 1.807) is 0 Å². The molecule has 1 amide bonds. The van der Waals surface area contributed by atoms with Gasteiger partial charge >= 0.3 is 0 Å². The van der Waals surface area contributed by atoms with Gasteiger partial charge in [0.15, 0.2) is 0 Å². The van der Waals surface area contributed by atoms with Crippen molar-refractivity contribution in [2.75, 3.05) is 6.54 Å². The second-order valence-corrected chi connectivity index (χ2v) is 4.65. The summed E-state index contributed by atoms with van der Waals surface area (Å²) in [5.74, 6) is 3.22. The van der Waals surface area contributed by atoms with E-state index in [0.29, 0.717) is 0 Å². The van der Waals surface area contributed by atoms with Gasteiger partial charge in [-0.2, -0.15) is 0 Å². The van der Waals surface area contributed by atoms with Crippen LogP contribution in [0.5, 0.6) is 0 Å². The zero-order valence-electron chi connectivity index (χ0n) is 9.58. The maximum absolute atomic E-state index is 12.0. The molecule has 0 unspecified atom stereocenters. The maximum atomic E-state index is 12.0. The number of carbonyl (C=O) groups is 1. The largest absolute Gasteiger partial charge is 0.334 e. The molecule has 1 heterocycles. The molecule has 0 bridgehead atoms. The third-order valence-corrected chi connectivity index (χ3v) is 3.32. The molecule has 2 rings (SSSR count). The summed E-state index contributed by atoms with van der Waals surface area (Å²) in [5.41, 5.74) is 2.03. The summed E-state index contributed by atoms with van der Waals surface area (Å²) in [4.78, 5) is 13.9. The number of rotatable bonds is 4. The van der Waals surface area contributed by atoms with Gasteiger partial charge in [0.25, 0.3) is 5.91 Å². The highest BCUT2D eigenvalue weighted by molar-refractivity contribution is 14.1. The molecule has 0 radical (unpaired) electrons. The molecule has 17 heavy (non-hydrogen) atoms. The van der Waals surface area contributed by atoms with Crippen molar-refractivity contribution in [3.63, 3.8) is 0 Å². The van der Waals surface area contributed by atoms with Crippen LogP contribution in [-0.2, 0) is 6.54 Å². The predicted octanol–water partition coefficient (Wildman–Crippen LogP) is 3.21. The number of halogens is 1. The van der Waals surface area contributed by atoms with E-state index in [-0.39, 0.29) is 5.91 Å². The lowest BCUT2D eigenvalue weighted by molar-refractivity contribution is 0.0776. The molecule has 0 saturated heterocycles. The lowest BCUT2D eigenvalue weighted by Crippen LogP contribution is -2.24. The Morgan fingerprint density at radius 1 is 1.29 bits per heavy atom. The number of amides is 1. The Morgan fingerprint density at radius 3 is 2.88 bits per heavy atom. The van der Waals surface area contributed by atoms with Gasteiger partial charge in [0.1, 0.15) is 0 Å². The predicted molar refractivity (Wildman–Crippen MR) is 76.8 cm³/mol. The smallest absolute Gasteiger partial charge is 0.254 e. The van der Waals surface area contributed by atoms with E-state index in [2.05, 4.69) is 32.4 Å². The molecule has 0 N–H and O–H groups in total. The van der Waals surface area contributed by atoms with Crippen LogP contribution in [0, 0.1) is 9.85 Å². The fourth-order valence-electron chi connectivity index (χ4n) is 2.06. The van der Waals surface area contributed by atoms with Gasteiger partial charge in [-0.15, -0.1) is 0 Å². The van der Waals surface area contributed by atoms with Crippen molar-refractivity contribution in [3.05, 3.63) is 35.4 Å². The fourth-order valence-corrected chi connectivity index (χ4v) is 2.33. The Hall–Kier alpha value is -1.02. The molecule has 1 aromatic carbocycles. The molecule has 88 valence electrons. The molecule has 0 atom stereocenters. The fraction of sp³-hybridized carbons (Fsp3) is 0.357. The van der Waals surface area contributed by atoms with E-state index >= 15 is 0 Å². The highest BCUT2D eigenvalue weighted by atomic mass is 127. The summed E-state index contributed by atoms with van der Waals surface area (Å²) in [5, 5.41) is 0. The van der Waals surface area contributed by atoms with Gasteiger partial charge in [-0.05, 0) is 28.4 Å². The van der Waals surface area contributed by atoms with Crippen LogP contribution in [0.15, 0.2) is 24.3 Å². The van der Waals surface area contributed by atoms with E-state index in [1.165, 1.54) is 0 Å². The van der Waals surface area contributed by atoms with Crippen molar-refractivity contribution < 1.29 is 4.79 Å². The van der Waals surface area contributed by atoms with Crippen molar-refractivity contribution in [2.24, 2.45) is 0 Å². The van der Waals surface area contributed by atoms with Crippen molar-refractivity contribution in [1.29, 1.82) is 0 Å². The van der Waals surface area contributed by atoms with Crippen molar-refractivity contribution >= 4 is 28.5 Å². The second kappa shape index (κ2) is 6.06. The van der Waals surface area contributed by atoms with Gasteiger partial charge in [-0.25, -0.2) is 0 Å². The number of unbranched alkanes of at least 4 members (excludes halogenated alkanes) is 2. The zero-order chi connectivity index (χ0) is 12.1. The normalized spacial score (nSPS) is 13.2. The number of hydrogen-bond donors (Lipinski definition) is 0. The summed E-state index contributed by atoms with van der Waals surface area (Å²) < 4.78 is 2.86. The lowest BCUT2D eigenvalue weighted by atomic mass is 10.1. The number of hydrogen-bond acceptors (Lipinski definition) is 1. The second-order valence-electron chi connectivity index (χ2n) is 4.11. The standard InChI is InChI=1S/C14H14INO/c15-9-5-1-2-6-10-16-11-12-7-3-4-8-13(12)14(16)17/h3-4,7-8H,1-2,6,10-11H2. The SMILES string of the molecule is O=C1c2ccccc2CN1CCCCC#CI. The van der Waals surface area contributed by atoms with E-state index in [4.69, 9.17) is 0 Å². The van der Waals surface area contributed by atoms with Gasteiger partial charge in [0, 0.05) is 47.7 Å². The molecule has 0 aromatic heterocycles. The monoisotopic (exact) mass is 339 g/mol. The summed E-state index contributed by atoms with van der Waals surface area (Å²) in [6, 6.07) is 7.87. The van der Waals surface area contributed by atoms with Crippen LogP contribution in [0.1, 0.15) is 35.2 Å².